The normalized spacial score (nSPS) is 10.2. The summed E-state index contributed by atoms with van der Waals surface area (Å²) in [5, 5.41) is 2.73. The third kappa shape index (κ3) is 3.81. The fourth-order valence-corrected chi connectivity index (χ4v) is 2.20. The van der Waals surface area contributed by atoms with Crippen LogP contribution in [0.2, 0.25) is 0 Å². The first-order valence-corrected chi connectivity index (χ1v) is 6.75. The second-order valence-electron chi connectivity index (χ2n) is 4.20. The molecule has 3 nitrogen and oxygen atoms in total. The van der Waals surface area contributed by atoms with Crippen molar-refractivity contribution in [2.45, 2.75) is 6.42 Å². The van der Waals surface area contributed by atoms with Crippen LogP contribution in [0.5, 0.6) is 5.75 Å². The Balaban J connectivity index is 2.05. The Morgan fingerprint density at radius 3 is 2.80 bits per heavy atom. The smallest absolute Gasteiger partial charge is 0.228 e. The first kappa shape index (κ1) is 14.5. The van der Waals surface area contributed by atoms with E-state index in [1.54, 1.807) is 13.2 Å². The summed E-state index contributed by atoms with van der Waals surface area (Å²) in [5.74, 6) is 0.173. The van der Waals surface area contributed by atoms with Gasteiger partial charge in [-0.25, -0.2) is 4.39 Å². The quantitative estimate of drug-likeness (QED) is 0.921. The van der Waals surface area contributed by atoms with E-state index in [0.717, 1.165) is 5.56 Å². The maximum Gasteiger partial charge on any atom is 0.228 e. The molecule has 0 unspecified atom stereocenters. The van der Waals surface area contributed by atoms with Crippen molar-refractivity contribution in [2.24, 2.45) is 0 Å². The molecule has 0 fully saturated rings. The lowest BCUT2D eigenvalue weighted by Gasteiger charge is -2.08. The molecule has 0 heterocycles. The number of rotatable bonds is 4. The lowest BCUT2D eigenvalue weighted by molar-refractivity contribution is -0.115. The Morgan fingerprint density at radius 1 is 1.30 bits per heavy atom. The van der Waals surface area contributed by atoms with Gasteiger partial charge >= 0.3 is 0 Å². The highest BCUT2D eigenvalue weighted by Crippen LogP contribution is 2.23. The van der Waals surface area contributed by atoms with Gasteiger partial charge in [-0.15, -0.1) is 0 Å². The van der Waals surface area contributed by atoms with Gasteiger partial charge in [0.05, 0.1) is 19.2 Å². The van der Waals surface area contributed by atoms with Gasteiger partial charge in [0.15, 0.2) is 0 Å². The largest absolute Gasteiger partial charge is 0.497 e. The van der Waals surface area contributed by atoms with Crippen molar-refractivity contribution in [3.05, 3.63) is 58.3 Å². The monoisotopic (exact) mass is 337 g/mol. The van der Waals surface area contributed by atoms with E-state index < -0.39 is 0 Å². The summed E-state index contributed by atoms with van der Waals surface area (Å²) >= 11 is 3.21. The molecule has 0 saturated carbocycles. The minimum absolute atomic E-state index is 0.175. The standard InChI is InChI=1S/C15H13BrFNO2/c1-20-12-4-2-3-10(7-12)8-15(19)18-14-6-5-11(17)9-13(14)16/h2-7,9H,8H2,1H3,(H,18,19). The highest BCUT2D eigenvalue weighted by Gasteiger charge is 2.08. The second-order valence-corrected chi connectivity index (χ2v) is 5.05. The summed E-state index contributed by atoms with van der Waals surface area (Å²) in [4.78, 5) is 12.0. The van der Waals surface area contributed by atoms with Gasteiger partial charge in [0.1, 0.15) is 11.6 Å². The average molecular weight is 338 g/mol. The van der Waals surface area contributed by atoms with Crippen LogP contribution in [0.25, 0.3) is 0 Å². The van der Waals surface area contributed by atoms with Crippen LogP contribution in [0, 0.1) is 5.82 Å². The van der Waals surface area contributed by atoms with Crippen LogP contribution in [0.3, 0.4) is 0 Å². The number of ether oxygens (including phenoxy) is 1. The summed E-state index contributed by atoms with van der Waals surface area (Å²) in [7, 11) is 1.58. The molecule has 5 heteroatoms. The number of nitrogens with one attached hydrogen (secondary N) is 1. The van der Waals surface area contributed by atoms with Gasteiger partial charge in [0.2, 0.25) is 5.91 Å². The molecule has 20 heavy (non-hydrogen) atoms. The molecule has 1 N–H and O–H groups in total. The van der Waals surface area contributed by atoms with Crippen LogP contribution in [0.4, 0.5) is 10.1 Å². The number of hydrogen-bond acceptors (Lipinski definition) is 2. The number of hydrogen-bond donors (Lipinski definition) is 1. The third-order valence-corrected chi connectivity index (χ3v) is 3.36. The number of methoxy groups -OCH3 is 1. The van der Waals surface area contributed by atoms with E-state index in [9.17, 15) is 9.18 Å². The third-order valence-electron chi connectivity index (χ3n) is 2.70. The lowest BCUT2D eigenvalue weighted by Crippen LogP contribution is -2.14. The summed E-state index contributed by atoms with van der Waals surface area (Å²) < 4.78 is 18.6. The highest BCUT2D eigenvalue weighted by atomic mass is 79.9. The fraction of sp³-hybridized carbons (Fsp3) is 0.133. The molecule has 0 spiro atoms. The molecule has 0 aromatic heterocycles. The predicted octanol–water partition coefficient (Wildman–Crippen LogP) is 3.78. The first-order valence-electron chi connectivity index (χ1n) is 5.96. The number of halogens is 2. The number of carbonyl (C=O) groups is 1. The molecule has 0 bridgehead atoms. The van der Waals surface area contributed by atoms with E-state index in [1.165, 1.54) is 18.2 Å². The molecular formula is C15H13BrFNO2. The molecule has 0 aliphatic heterocycles. The van der Waals surface area contributed by atoms with Gasteiger partial charge in [-0.3, -0.25) is 4.79 Å². The van der Waals surface area contributed by atoms with Crippen molar-refractivity contribution in [1.29, 1.82) is 0 Å². The number of benzene rings is 2. The van der Waals surface area contributed by atoms with Gasteiger partial charge in [-0.05, 0) is 51.8 Å². The molecule has 2 aromatic rings. The minimum Gasteiger partial charge on any atom is -0.497 e. The van der Waals surface area contributed by atoms with Crippen molar-refractivity contribution in [2.75, 3.05) is 12.4 Å². The van der Waals surface area contributed by atoms with Crippen LogP contribution < -0.4 is 10.1 Å². The van der Waals surface area contributed by atoms with E-state index >= 15 is 0 Å². The molecule has 0 radical (unpaired) electrons. The zero-order chi connectivity index (χ0) is 14.5. The highest BCUT2D eigenvalue weighted by molar-refractivity contribution is 9.10. The molecule has 1 amide bonds. The molecule has 2 aromatic carbocycles. The predicted molar refractivity (Wildman–Crippen MR) is 79.4 cm³/mol. The van der Waals surface area contributed by atoms with Gasteiger partial charge in [0, 0.05) is 4.47 Å². The maximum atomic E-state index is 13.0. The van der Waals surface area contributed by atoms with Gasteiger partial charge in [-0.2, -0.15) is 0 Å². The van der Waals surface area contributed by atoms with Crippen molar-refractivity contribution in [3.8, 4) is 5.75 Å². The van der Waals surface area contributed by atoms with Crippen molar-refractivity contribution in [3.63, 3.8) is 0 Å². The Kier molecular flexibility index (Phi) is 4.74. The Morgan fingerprint density at radius 2 is 2.10 bits per heavy atom. The summed E-state index contributed by atoms with van der Waals surface area (Å²) in [6, 6.07) is 11.4. The molecule has 0 aliphatic rings. The van der Waals surface area contributed by atoms with Gasteiger partial charge in [-0.1, -0.05) is 12.1 Å². The van der Waals surface area contributed by atoms with E-state index in [4.69, 9.17) is 4.74 Å². The average Bonchev–Trinajstić information content (AvgIpc) is 2.42. The lowest BCUT2D eigenvalue weighted by atomic mass is 10.1. The Bertz CT molecular complexity index is 631. The topological polar surface area (TPSA) is 38.3 Å². The van der Waals surface area contributed by atoms with Crippen molar-refractivity contribution < 1.29 is 13.9 Å². The number of carbonyl (C=O) groups excluding carboxylic acids is 1. The Hall–Kier alpha value is -1.88. The van der Waals surface area contributed by atoms with Crippen LogP contribution in [0.1, 0.15) is 5.56 Å². The number of anilines is 1. The van der Waals surface area contributed by atoms with Crippen LogP contribution in [-0.4, -0.2) is 13.0 Å². The second kappa shape index (κ2) is 6.52. The first-order chi connectivity index (χ1) is 9.58. The van der Waals surface area contributed by atoms with Gasteiger partial charge < -0.3 is 10.1 Å². The minimum atomic E-state index is -0.359. The molecular weight excluding hydrogens is 325 g/mol. The van der Waals surface area contributed by atoms with Crippen LogP contribution >= 0.6 is 15.9 Å². The van der Waals surface area contributed by atoms with Crippen LogP contribution in [-0.2, 0) is 11.2 Å². The molecule has 0 aliphatic carbocycles. The molecule has 2 rings (SSSR count). The molecule has 0 atom stereocenters. The summed E-state index contributed by atoms with van der Waals surface area (Å²) in [6.45, 7) is 0. The number of amides is 1. The van der Waals surface area contributed by atoms with Crippen molar-refractivity contribution in [1.82, 2.24) is 0 Å². The fourth-order valence-electron chi connectivity index (χ4n) is 1.75. The van der Waals surface area contributed by atoms with Crippen LogP contribution in [0.15, 0.2) is 46.9 Å². The SMILES string of the molecule is COc1cccc(CC(=O)Nc2ccc(F)cc2Br)c1. The van der Waals surface area contributed by atoms with Gasteiger partial charge in [0.25, 0.3) is 0 Å². The molecule has 0 saturated heterocycles. The zero-order valence-corrected chi connectivity index (χ0v) is 12.4. The molecule has 104 valence electrons. The Labute approximate surface area is 124 Å². The van der Waals surface area contributed by atoms with E-state index in [1.807, 2.05) is 18.2 Å². The van der Waals surface area contributed by atoms with Crippen molar-refractivity contribution >= 4 is 27.5 Å². The van der Waals surface area contributed by atoms with E-state index in [2.05, 4.69) is 21.2 Å². The summed E-state index contributed by atoms with van der Waals surface area (Å²) in [6.07, 6.45) is 0.223. The summed E-state index contributed by atoms with van der Waals surface area (Å²) in [5.41, 5.74) is 1.39. The maximum absolute atomic E-state index is 13.0. The van der Waals surface area contributed by atoms with E-state index in [-0.39, 0.29) is 18.1 Å². The van der Waals surface area contributed by atoms with E-state index in [0.29, 0.717) is 15.9 Å². The zero-order valence-electron chi connectivity index (χ0n) is 10.8.